The van der Waals surface area contributed by atoms with Crippen molar-refractivity contribution in [2.45, 2.75) is 18.9 Å². The molecule has 0 saturated carbocycles. The van der Waals surface area contributed by atoms with E-state index in [0.29, 0.717) is 12.3 Å². The highest BCUT2D eigenvalue weighted by Gasteiger charge is 2.14. The zero-order valence-electron chi connectivity index (χ0n) is 9.79. The Hall–Kier alpha value is -1.13. The van der Waals surface area contributed by atoms with Gasteiger partial charge >= 0.3 is 0 Å². The summed E-state index contributed by atoms with van der Waals surface area (Å²) >= 11 is 0. The average molecular weight is 226 g/mol. The second-order valence-electron chi connectivity index (χ2n) is 3.66. The summed E-state index contributed by atoms with van der Waals surface area (Å²) in [5.74, 6) is 0.460. The molecule has 1 rings (SSSR count). The first-order valence-corrected chi connectivity index (χ1v) is 5.43. The maximum Gasteiger partial charge on any atom is 0.123 e. The first-order chi connectivity index (χ1) is 7.72. The Labute approximate surface area is 95.8 Å². The minimum atomic E-state index is -0.246. The van der Waals surface area contributed by atoms with E-state index in [0.717, 1.165) is 18.4 Å². The van der Waals surface area contributed by atoms with Crippen molar-refractivity contribution in [1.82, 2.24) is 5.32 Å². The molecular formula is C12H19FN2O. The molecule has 16 heavy (non-hydrogen) atoms. The molecule has 0 amide bonds. The van der Waals surface area contributed by atoms with Gasteiger partial charge in [0, 0.05) is 11.6 Å². The van der Waals surface area contributed by atoms with E-state index < -0.39 is 0 Å². The third kappa shape index (κ3) is 3.18. The molecule has 0 aromatic heterocycles. The fraction of sp³-hybridized carbons (Fsp3) is 0.500. The summed E-state index contributed by atoms with van der Waals surface area (Å²) in [6.45, 7) is 0.635. The lowest BCUT2D eigenvalue weighted by Crippen LogP contribution is -2.18. The number of ether oxygens (including phenoxy) is 1. The van der Waals surface area contributed by atoms with Gasteiger partial charge < -0.3 is 15.8 Å². The lowest BCUT2D eigenvalue weighted by Gasteiger charge is -2.19. The summed E-state index contributed by atoms with van der Waals surface area (Å²) in [7, 11) is 3.44. The molecule has 3 nitrogen and oxygen atoms in total. The molecule has 90 valence electrons. The molecule has 1 unspecified atom stereocenters. The highest BCUT2D eigenvalue weighted by molar-refractivity contribution is 5.36. The number of hydrogen-bond acceptors (Lipinski definition) is 3. The Balaban J connectivity index is 2.92. The maximum absolute atomic E-state index is 13.2. The van der Waals surface area contributed by atoms with Gasteiger partial charge in [-0.25, -0.2) is 4.39 Å². The van der Waals surface area contributed by atoms with Crippen LogP contribution in [0.4, 0.5) is 4.39 Å². The van der Waals surface area contributed by atoms with Crippen LogP contribution in [0.15, 0.2) is 18.2 Å². The van der Waals surface area contributed by atoms with Crippen LogP contribution in [0.2, 0.25) is 0 Å². The molecule has 4 heteroatoms. The summed E-state index contributed by atoms with van der Waals surface area (Å²) in [5, 5.41) is 3.15. The van der Waals surface area contributed by atoms with Gasteiger partial charge in [0.1, 0.15) is 11.6 Å². The largest absolute Gasteiger partial charge is 0.496 e. The van der Waals surface area contributed by atoms with Gasteiger partial charge in [-0.2, -0.15) is 0 Å². The lowest BCUT2D eigenvalue weighted by atomic mass is 10.0. The molecule has 1 aromatic rings. The van der Waals surface area contributed by atoms with Crippen molar-refractivity contribution in [2.75, 3.05) is 20.7 Å². The fourth-order valence-electron chi connectivity index (χ4n) is 1.75. The summed E-state index contributed by atoms with van der Waals surface area (Å²) < 4.78 is 18.4. The topological polar surface area (TPSA) is 47.3 Å². The maximum atomic E-state index is 13.2. The van der Waals surface area contributed by atoms with E-state index in [1.54, 1.807) is 13.2 Å². The van der Waals surface area contributed by atoms with Gasteiger partial charge in [-0.1, -0.05) is 0 Å². The number of rotatable bonds is 6. The van der Waals surface area contributed by atoms with Crippen LogP contribution in [0.1, 0.15) is 24.4 Å². The van der Waals surface area contributed by atoms with Crippen LogP contribution in [0.5, 0.6) is 5.75 Å². The monoisotopic (exact) mass is 226 g/mol. The summed E-state index contributed by atoms with van der Waals surface area (Å²) in [5.41, 5.74) is 6.32. The van der Waals surface area contributed by atoms with E-state index >= 15 is 0 Å². The molecular weight excluding hydrogens is 207 g/mol. The van der Waals surface area contributed by atoms with Gasteiger partial charge in [-0.3, -0.25) is 0 Å². The SMILES string of the molecule is CNC(CCCN)c1cc(F)ccc1OC. The van der Waals surface area contributed by atoms with Gasteiger partial charge in [-0.05, 0) is 44.6 Å². The zero-order chi connectivity index (χ0) is 12.0. The van der Waals surface area contributed by atoms with Crippen LogP contribution < -0.4 is 15.8 Å². The van der Waals surface area contributed by atoms with E-state index in [4.69, 9.17) is 10.5 Å². The number of methoxy groups -OCH3 is 1. The number of hydrogen-bond donors (Lipinski definition) is 2. The van der Waals surface area contributed by atoms with Gasteiger partial charge in [0.05, 0.1) is 7.11 Å². The standard InChI is InChI=1S/C12H19FN2O/c1-15-11(4-3-7-14)10-8-9(13)5-6-12(10)16-2/h5-6,8,11,15H,3-4,7,14H2,1-2H3. The zero-order valence-corrected chi connectivity index (χ0v) is 9.79. The van der Waals surface area contributed by atoms with Crippen LogP contribution in [0.3, 0.4) is 0 Å². The third-order valence-electron chi connectivity index (χ3n) is 2.61. The first-order valence-electron chi connectivity index (χ1n) is 5.43. The fourth-order valence-corrected chi connectivity index (χ4v) is 1.75. The molecule has 3 N–H and O–H groups in total. The molecule has 1 atom stereocenters. The summed E-state index contributed by atoms with van der Waals surface area (Å²) in [6, 6.07) is 4.64. The van der Waals surface area contributed by atoms with Gasteiger partial charge in [0.2, 0.25) is 0 Å². The van der Waals surface area contributed by atoms with Crippen molar-refractivity contribution < 1.29 is 9.13 Å². The molecule has 0 aliphatic rings. The number of benzene rings is 1. The molecule has 0 heterocycles. The van der Waals surface area contributed by atoms with Gasteiger partial charge in [0.15, 0.2) is 0 Å². The highest BCUT2D eigenvalue weighted by atomic mass is 19.1. The molecule has 1 aromatic carbocycles. The number of nitrogens with one attached hydrogen (secondary N) is 1. The Morgan fingerprint density at radius 3 is 2.81 bits per heavy atom. The molecule has 0 aliphatic carbocycles. The smallest absolute Gasteiger partial charge is 0.123 e. The Morgan fingerprint density at radius 2 is 2.25 bits per heavy atom. The predicted molar refractivity (Wildman–Crippen MR) is 63.0 cm³/mol. The normalized spacial score (nSPS) is 12.5. The molecule has 0 aliphatic heterocycles. The predicted octanol–water partition coefficient (Wildman–Crippen LogP) is 1.83. The number of nitrogens with two attached hydrogens (primary N) is 1. The van der Waals surface area contributed by atoms with E-state index in [9.17, 15) is 4.39 Å². The van der Waals surface area contributed by atoms with Gasteiger partial charge in [-0.15, -0.1) is 0 Å². The van der Waals surface area contributed by atoms with Crippen LogP contribution >= 0.6 is 0 Å². The highest BCUT2D eigenvalue weighted by Crippen LogP contribution is 2.28. The van der Waals surface area contributed by atoms with Crippen molar-refractivity contribution in [3.8, 4) is 5.75 Å². The molecule has 0 fully saturated rings. The minimum Gasteiger partial charge on any atom is -0.496 e. The van der Waals surface area contributed by atoms with Crippen molar-refractivity contribution >= 4 is 0 Å². The van der Waals surface area contributed by atoms with E-state index in [2.05, 4.69) is 5.32 Å². The van der Waals surface area contributed by atoms with E-state index in [-0.39, 0.29) is 11.9 Å². The second kappa shape index (κ2) is 6.45. The van der Waals surface area contributed by atoms with Crippen LogP contribution in [0, 0.1) is 5.82 Å². The summed E-state index contributed by atoms with van der Waals surface area (Å²) in [4.78, 5) is 0. The molecule has 0 spiro atoms. The van der Waals surface area contributed by atoms with E-state index in [1.807, 2.05) is 7.05 Å². The van der Waals surface area contributed by atoms with Crippen molar-refractivity contribution in [2.24, 2.45) is 5.73 Å². The van der Waals surface area contributed by atoms with Crippen LogP contribution in [-0.2, 0) is 0 Å². The Morgan fingerprint density at radius 1 is 1.50 bits per heavy atom. The Kier molecular flexibility index (Phi) is 5.22. The van der Waals surface area contributed by atoms with Crippen LogP contribution in [-0.4, -0.2) is 20.7 Å². The summed E-state index contributed by atoms with van der Waals surface area (Å²) in [6.07, 6.45) is 1.76. The van der Waals surface area contributed by atoms with Gasteiger partial charge in [0.25, 0.3) is 0 Å². The van der Waals surface area contributed by atoms with Crippen molar-refractivity contribution in [3.05, 3.63) is 29.6 Å². The Bertz CT molecular complexity index is 331. The average Bonchev–Trinajstić information content (AvgIpc) is 2.30. The molecule has 0 radical (unpaired) electrons. The van der Waals surface area contributed by atoms with Crippen LogP contribution in [0.25, 0.3) is 0 Å². The quantitative estimate of drug-likeness (QED) is 0.778. The van der Waals surface area contributed by atoms with E-state index in [1.165, 1.54) is 12.1 Å². The number of halogens is 1. The van der Waals surface area contributed by atoms with Crippen molar-refractivity contribution in [3.63, 3.8) is 0 Å². The minimum absolute atomic E-state index is 0.0780. The lowest BCUT2D eigenvalue weighted by molar-refractivity contribution is 0.396. The molecule has 0 bridgehead atoms. The third-order valence-corrected chi connectivity index (χ3v) is 2.61. The van der Waals surface area contributed by atoms with Crippen molar-refractivity contribution in [1.29, 1.82) is 0 Å². The first kappa shape index (κ1) is 12.9. The molecule has 0 saturated heterocycles. The second-order valence-corrected chi connectivity index (χ2v) is 3.66.